The molecule has 1 aliphatic rings. The number of rotatable bonds is 9. The van der Waals surface area contributed by atoms with Crippen LogP contribution >= 0.6 is 0 Å². The Morgan fingerprint density at radius 2 is 1.39 bits per heavy atom. The van der Waals surface area contributed by atoms with Gasteiger partial charge in [-0.2, -0.15) is 0 Å². The number of nitrogens with one attached hydrogen (secondary N) is 1. The van der Waals surface area contributed by atoms with Gasteiger partial charge in [-0.05, 0) is 36.1 Å². The van der Waals surface area contributed by atoms with E-state index in [2.05, 4.69) is 5.32 Å². The lowest BCUT2D eigenvalue weighted by Gasteiger charge is -2.33. The fraction of sp³-hybridized carbons (Fsp3) is 0.333. The molecule has 0 bridgehead atoms. The zero-order valence-corrected chi connectivity index (χ0v) is 20.3. The Morgan fingerprint density at radius 3 is 2.03 bits per heavy atom. The third-order valence-corrected chi connectivity index (χ3v) is 6.82. The minimum atomic E-state index is -0.867. The van der Waals surface area contributed by atoms with Gasteiger partial charge in [0.15, 0.2) is 0 Å². The Bertz CT molecular complexity index is 1160. The van der Waals surface area contributed by atoms with E-state index in [9.17, 15) is 18.4 Å². The number of carbonyl (C=O) groups excluding carboxylic acids is 2. The third kappa shape index (κ3) is 6.78. The van der Waals surface area contributed by atoms with Crippen LogP contribution < -0.4 is 5.32 Å². The minimum Gasteiger partial charge on any atom is -0.352 e. The summed E-state index contributed by atoms with van der Waals surface area (Å²) in [6.07, 6.45) is 5.12. The highest BCUT2D eigenvalue weighted by Crippen LogP contribution is 2.21. The van der Waals surface area contributed by atoms with Crippen LogP contribution in [0.3, 0.4) is 0 Å². The van der Waals surface area contributed by atoms with E-state index in [0.717, 1.165) is 37.7 Å². The molecule has 4 nitrogen and oxygen atoms in total. The zero-order chi connectivity index (χ0) is 25.3. The van der Waals surface area contributed by atoms with Gasteiger partial charge in [-0.25, -0.2) is 8.78 Å². The van der Waals surface area contributed by atoms with Crippen molar-refractivity contribution in [3.63, 3.8) is 0 Å². The van der Waals surface area contributed by atoms with E-state index in [1.54, 1.807) is 36.4 Å². The van der Waals surface area contributed by atoms with Crippen molar-refractivity contribution in [1.29, 1.82) is 0 Å². The summed E-state index contributed by atoms with van der Waals surface area (Å²) < 4.78 is 29.1. The maximum Gasteiger partial charge on any atom is 0.243 e. The Kier molecular flexibility index (Phi) is 8.82. The molecular weight excluding hydrogens is 458 g/mol. The molecule has 6 heteroatoms. The van der Waals surface area contributed by atoms with Gasteiger partial charge in [0.05, 0.1) is 6.42 Å². The second-order valence-electron chi connectivity index (χ2n) is 9.43. The third-order valence-electron chi connectivity index (χ3n) is 6.82. The first-order chi connectivity index (χ1) is 17.5. The van der Waals surface area contributed by atoms with Gasteiger partial charge in [0.25, 0.3) is 0 Å². The molecular formula is C30H32F2N2O2. The first-order valence-electron chi connectivity index (χ1n) is 12.6. The minimum absolute atomic E-state index is 0.0569. The van der Waals surface area contributed by atoms with Gasteiger partial charge in [0.1, 0.15) is 17.7 Å². The van der Waals surface area contributed by atoms with Crippen molar-refractivity contribution in [3.05, 3.63) is 107 Å². The molecule has 2 amide bonds. The number of hydrogen-bond donors (Lipinski definition) is 1. The van der Waals surface area contributed by atoms with Gasteiger partial charge in [0, 0.05) is 24.6 Å². The van der Waals surface area contributed by atoms with Crippen LogP contribution in [0.5, 0.6) is 0 Å². The molecule has 0 aromatic heterocycles. The summed E-state index contributed by atoms with van der Waals surface area (Å²) >= 11 is 0. The number of nitrogens with zero attached hydrogens (tertiary/aromatic N) is 1. The molecule has 1 saturated carbocycles. The average Bonchev–Trinajstić information content (AvgIpc) is 2.89. The predicted molar refractivity (Wildman–Crippen MR) is 136 cm³/mol. The van der Waals surface area contributed by atoms with Crippen molar-refractivity contribution >= 4 is 11.8 Å². The standard InChI is InChI=1S/C30H32F2N2O2/c31-26-17-9-7-13-23(26)20-29(35)34(21-24-14-8-10-18-27(24)32)28(19-22-11-3-1-4-12-22)30(36)33-25-15-5-2-6-16-25/h1,3-4,7-14,17-18,25,28H,2,5-6,15-16,19-21H2,(H,33,36)/t28-/m0/s1. The highest BCUT2D eigenvalue weighted by atomic mass is 19.1. The molecule has 3 aromatic rings. The topological polar surface area (TPSA) is 49.4 Å². The highest BCUT2D eigenvalue weighted by Gasteiger charge is 2.32. The van der Waals surface area contributed by atoms with Gasteiger partial charge in [-0.15, -0.1) is 0 Å². The first kappa shape index (κ1) is 25.5. The van der Waals surface area contributed by atoms with Crippen molar-refractivity contribution in [1.82, 2.24) is 10.2 Å². The molecule has 0 heterocycles. The SMILES string of the molecule is O=C(NC1CCCCC1)[C@H](Cc1ccccc1)N(Cc1ccccc1F)C(=O)Cc1ccccc1F. The van der Waals surface area contributed by atoms with Crippen LogP contribution in [0, 0.1) is 11.6 Å². The molecule has 0 spiro atoms. The number of amides is 2. The maximum atomic E-state index is 14.7. The van der Waals surface area contributed by atoms with E-state index in [-0.39, 0.29) is 36.9 Å². The van der Waals surface area contributed by atoms with Crippen molar-refractivity contribution < 1.29 is 18.4 Å². The van der Waals surface area contributed by atoms with Crippen LogP contribution in [0.15, 0.2) is 78.9 Å². The van der Waals surface area contributed by atoms with Crippen LogP contribution in [0.4, 0.5) is 8.78 Å². The second kappa shape index (κ2) is 12.4. The lowest BCUT2D eigenvalue weighted by Crippen LogP contribution is -2.53. The van der Waals surface area contributed by atoms with Crippen molar-refractivity contribution in [2.75, 3.05) is 0 Å². The Balaban J connectivity index is 1.67. The molecule has 1 aliphatic carbocycles. The largest absolute Gasteiger partial charge is 0.352 e. The van der Waals surface area contributed by atoms with Gasteiger partial charge in [0.2, 0.25) is 11.8 Å². The molecule has 188 valence electrons. The normalized spacial score (nSPS) is 14.7. The van der Waals surface area contributed by atoms with E-state index in [1.165, 1.54) is 17.0 Å². The van der Waals surface area contributed by atoms with Crippen LogP contribution in [0.25, 0.3) is 0 Å². The first-order valence-corrected chi connectivity index (χ1v) is 12.6. The van der Waals surface area contributed by atoms with Gasteiger partial charge >= 0.3 is 0 Å². The van der Waals surface area contributed by atoms with E-state index < -0.39 is 23.6 Å². The Morgan fingerprint density at radius 1 is 0.806 bits per heavy atom. The van der Waals surface area contributed by atoms with Crippen LogP contribution in [0.1, 0.15) is 48.8 Å². The van der Waals surface area contributed by atoms with E-state index in [4.69, 9.17) is 0 Å². The Labute approximate surface area is 211 Å². The molecule has 4 rings (SSSR count). The summed E-state index contributed by atoms with van der Waals surface area (Å²) in [5.74, 6) is -1.62. The fourth-order valence-electron chi connectivity index (χ4n) is 4.81. The van der Waals surface area contributed by atoms with Crippen LogP contribution in [-0.4, -0.2) is 28.8 Å². The number of halogens is 2. The fourth-order valence-corrected chi connectivity index (χ4v) is 4.81. The molecule has 0 aliphatic heterocycles. The molecule has 1 N–H and O–H groups in total. The monoisotopic (exact) mass is 490 g/mol. The quantitative estimate of drug-likeness (QED) is 0.425. The van der Waals surface area contributed by atoms with Gasteiger partial charge in [-0.3, -0.25) is 9.59 Å². The molecule has 1 fully saturated rings. The smallest absolute Gasteiger partial charge is 0.243 e. The van der Waals surface area contributed by atoms with Gasteiger partial charge < -0.3 is 10.2 Å². The van der Waals surface area contributed by atoms with E-state index in [0.29, 0.717) is 5.56 Å². The maximum absolute atomic E-state index is 14.7. The molecule has 0 saturated heterocycles. The summed E-state index contributed by atoms with van der Waals surface area (Å²) in [5.41, 5.74) is 1.44. The summed E-state index contributed by atoms with van der Waals surface area (Å²) in [4.78, 5) is 28.8. The lowest BCUT2D eigenvalue weighted by molar-refractivity contribution is -0.141. The van der Waals surface area contributed by atoms with E-state index >= 15 is 0 Å². The highest BCUT2D eigenvalue weighted by molar-refractivity contribution is 5.89. The van der Waals surface area contributed by atoms with E-state index in [1.807, 2.05) is 30.3 Å². The van der Waals surface area contributed by atoms with Crippen molar-refractivity contribution in [3.8, 4) is 0 Å². The summed E-state index contributed by atoms with van der Waals surface area (Å²) in [6, 6.07) is 21.0. The predicted octanol–water partition coefficient (Wildman–Crippen LogP) is 5.60. The zero-order valence-electron chi connectivity index (χ0n) is 20.3. The molecule has 0 unspecified atom stereocenters. The Hall–Kier alpha value is -3.54. The number of hydrogen-bond acceptors (Lipinski definition) is 2. The van der Waals surface area contributed by atoms with Crippen LogP contribution in [-0.2, 0) is 29.0 Å². The molecule has 3 aromatic carbocycles. The van der Waals surface area contributed by atoms with Crippen LogP contribution in [0.2, 0.25) is 0 Å². The van der Waals surface area contributed by atoms with Crippen molar-refractivity contribution in [2.24, 2.45) is 0 Å². The lowest BCUT2D eigenvalue weighted by atomic mass is 9.94. The average molecular weight is 491 g/mol. The van der Waals surface area contributed by atoms with Crippen molar-refractivity contribution in [2.45, 2.75) is 63.6 Å². The second-order valence-corrected chi connectivity index (χ2v) is 9.43. The summed E-state index contributed by atoms with van der Waals surface area (Å²) in [7, 11) is 0. The summed E-state index contributed by atoms with van der Waals surface area (Å²) in [6.45, 7) is -0.0878. The number of carbonyl (C=O) groups is 2. The number of benzene rings is 3. The van der Waals surface area contributed by atoms with Gasteiger partial charge in [-0.1, -0.05) is 86.0 Å². The molecule has 36 heavy (non-hydrogen) atoms. The molecule has 1 atom stereocenters. The summed E-state index contributed by atoms with van der Waals surface area (Å²) in [5, 5.41) is 3.15. The molecule has 0 radical (unpaired) electrons.